The number of amides is 3. The summed E-state index contributed by atoms with van der Waals surface area (Å²) in [5.41, 5.74) is 8.34. The molecule has 1 aliphatic carbocycles. The van der Waals surface area contributed by atoms with Crippen LogP contribution in [0.25, 0.3) is 0 Å². The summed E-state index contributed by atoms with van der Waals surface area (Å²) >= 11 is 0. The van der Waals surface area contributed by atoms with Gasteiger partial charge in [-0.3, -0.25) is 9.69 Å². The van der Waals surface area contributed by atoms with E-state index >= 15 is 0 Å². The predicted molar refractivity (Wildman–Crippen MR) is 99.7 cm³/mol. The first-order valence-corrected chi connectivity index (χ1v) is 9.76. The van der Waals surface area contributed by atoms with E-state index in [4.69, 9.17) is 5.73 Å². The second kappa shape index (κ2) is 7.27. The number of carbonyl (C=O) groups excluding carboxylic acids is 2. The maximum atomic E-state index is 12.9. The average Bonchev–Trinajstić information content (AvgIpc) is 3.12. The van der Waals surface area contributed by atoms with Crippen molar-refractivity contribution in [3.63, 3.8) is 0 Å². The maximum Gasteiger partial charge on any atom is 0.314 e. The Morgan fingerprint density at radius 1 is 0.923 bits per heavy atom. The summed E-state index contributed by atoms with van der Waals surface area (Å²) in [7, 11) is 0. The molecule has 6 heteroatoms. The molecule has 0 radical (unpaired) electrons. The Morgan fingerprint density at radius 2 is 1.58 bits per heavy atom. The van der Waals surface area contributed by atoms with Crippen molar-refractivity contribution in [2.75, 3.05) is 39.3 Å². The Morgan fingerprint density at radius 3 is 2.19 bits per heavy atom. The highest BCUT2D eigenvalue weighted by atomic mass is 16.2. The second-order valence-electron chi connectivity index (χ2n) is 7.82. The molecule has 0 saturated carbocycles. The zero-order valence-corrected chi connectivity index (χ0v) is 15.3. The van der Waals surface area contributed by atoms with Crippen molar-refractivity contribution in [3.05, 3.63) is 35.4 Å². The van der Waals surface area contributed by atoms with Gasteiger partial charge in [-0.2, -0.15) is 0 Å². The first kappa shape index (κ1) is 17.3. The number of nitrogens with two attached hydrogens (primary N) is 1. The van der Waals surface area contributed by atoms with Crippen LogP contribution in [0.3, 0.4) is 0 Å². The van der Waals surface area contributed by atoms with E-state index in [2.05, 4.69) is 29.2 Å². The van der Waals surface area contributed by atoms with Gasteiger partial charge in [0.25, 0.3) is 0 Å². The van der Waals surface area contributed by atoms with Gasteiger partial charge in [0.2, 0.25) is 5.91 Å². The van der Waals surface area contributed by atoms with E-state index in [0.717, 1.165) is 51.9 Å². The highest BCUT2D eigenvalue weighted by Crippen LogP contribution is 2.26. The number of benzene rings is 1. The third-order valence-electron chi connectivity index (χ3n) is 6.25. The summed E-state index contributed by atoms with van der Waals surface area (Å²) in [6.45, 7) is 4.62. The van der Waals surface area contributed by atoms with Gasteiger partial charge < -0.3 is 15.5 Å². The molecule has 2 heterocycles. The Hall–Kier alpha value is -2.08. The van der Waals surface area contributed by atoms with Gasteiger partial charge in [-0.1, -0.05) is 24.3 Å². The van der Waals surface area contributed by atoms with Crippen LogP contribution in [0.1, 0.15) is 24.0 Å². The zero-order valence-electron chi connectivity index (χ0n) is 15.3. The van der Waals surface area contributed by atoms with Gasteiger partial charge >= 0.3 is 6.03 Å². The van der Waals surface area contributed by atoms with Crippen molar-refractivity contribution in [3.8, 4) is 0 Å². The molecule has 0 bridgehead atoms. The Bertz CT molecular complexity index is 659. The Balaban J connectivity index is 1.30. The fraction of sp³-hybridized carbons (Fsp3) is 0.600. The largest absolute Gasteiger partial charge is 0.351 e. The van der Waals surface area contributed by atoms with Crippen molar-refractivity contribution in [1.82, 2.24) is 14.7 Å². The van der Waals surface area contributed by atoms with E-state index in [1.54, 1.807) is 4.90 Å². The fourth-order valence-electron chi connectivity index (χ4n) is 4.74. The van der Waals surface area contributed by atoms with Crippen LogP contribution in [0.5, 0.6) is 0 Å². The molecule has 1 aromatic carbocycles. The minimum Gasteiger partial charge on any atom is -0.351 e. The molecule has 1 atom stereocenters. The number of likely N-dealkylation sites (tertiary alicyclic amines) is 1. The van der Waals surface area contributed by atoms with Crippen molar-refractivity contribution in [2.24, 2.45) is 11.7 Å². The van der Waals surface area contributed by atoms with E-state index in [1.807, 2.05) is 4.90 Å². The van der Waals surface area contributed by atoms with Gasteiger partial charge in [-0.25, -0.2) is 4.79 Å². The van der Waals surface area contributed by atoms with Crippen LogP contribution in [0, 0.1) is 5.92 Å². The number of piperazine rings is 1. The van der Waals surface area contributed by atoms with Crippen molar-refractivity contribution in [1.29, 1.82) is 0 Å². The van der Waals surface area contributed by atoms with Crippen LogP contribution in [-0.4, -0.2) is 71.9 Å². The van der Waals surface area contributed by atoms with Gasteiger partial charge in [0.1, 0.15) is 0 Å². The average molecular weight is 356 g/mol. The molecule has 2 N–H and O–H groups in total. The normalized spacial score (nSPS) is 24.5. The highest BCUT2D eigenvalue weighted by Gasteiger charge is 2.34. The third kappa shape index (κ3) is 3.43. The highest BCUT2D eigenvalue weighted by molar-refractivity contribution is 5.80. The standard InChI is InChI=1S/C20H28N4O2/c21-20(26)24-7-3-6-17(14-24)19(25)23-10-8-22(9-11-23)18-12-15-4-1-2-5-16(15)13-18/h1-2,4-5,17-18H,3,6-14H2,(H2,21,26). The number of piperidine rings is 1. The molecule has 2 fully saturated rings. The minimum atomic E-state index is -0.409. The Labute approximate surface area is 154 Å². The molecule has 1 aromatic rings. The van der Waals surface area contributed by atoms with Gasteiger partial charge in [0.05, 0.1) is 5.92 Å². The number of urea groups is 1. The van der Waals surface area contributed by atoms with Crippen LogP contribution < -0.4 is 5.73 Å². The zero-order chi connectivity index (χ0) is 18.1. The molecule has 3 aliphatic rings. The van der Waals surface area contributed by atoms with Gasteiger partial charge in [0.15, 0.2) is 0 Å². The maximum absolute atomic E-state index is 12.9. The monoisotopic (exact) mass is 356 g/mol. The van der Waals surface area contributed by atoms with Gasteiger partial charge in [-0.15, -0.1) is 0 Å². The van der Waals surface area contributed by atoms with E-state index < -0.39 is 6.03 Å². The van der Waals surface area contributed by atoms with Crippen molar-refractivity contribution in [2.45, 2.75) is 31.7 Å². The summed E-state index contributed by atoms with van der Waals surface area (Å²) < 4.78 is 0. The third-order valence-corrected chi connectivity index (χ3v) is 6.25. The second-order valence-corrected chi connectivity index (χ2v) is 7.82. The number of fused-ring (bicyclic) bond motifs is 1. The topological polar surface area (TPSA) is 69.9 Å². The lowest BCUT2D eigenvalue weighted by molar-refractivity contribution is -0.139. The molecule has 3 amide bonds. The van der Waals surface area contributed by atoms with Gasteiger partial charge in [-0.05, 0) is 36.8 Å². The molecule has 140 valence electrons. The van der Waals surface area contributed by atoms with E-state index in [1.165, 1.54) is 11.1 Å². The number of nitrogens with zero attached hydrogens (tertiary/aromatic N) is 3. The molecular formula is C20H28N4O2. The summed E-state index contributed by atoms with van der Waals surface area (Å²) in [5.74, 6) is 0.115. The Kier molecular flexibility index (Phi) is 4.85. The quantitative estimate of drug-likeness (QED) is 0.862. The number of rotatable bonds is 2. The van der Waals surface area contributed by atoms with E-state index in [-0.39, 0.29) is 11.8 Å². The van der Waals surface area contributed by atoms with Crippen LogP contribution >= 0.6 is 0 Å². The molecule has 2 saturated heterocycles. The summed E-state index contributed by atoms with van der Waals surface area (Å²) in [6.07, 6.45) is 3.97. The van der Waals surface area contributed by atoms with Crippen LogP contribution in [-0.2, 0) is 17.6 Å². The SMILES string of the molecule is NC(=O)N1CCCC(C(=O)N2CCN(C3Cc4ccccc4C3)CC2)C1. The number of carbonyl (C=O) groups is 2. The summed E-state index contributed by atoms with van der Waals surface area (Å²) in [4.78, 5) is 30.4. The number of hydrogen-bond acceptors (Lipinski definition) is 3. The van der Waals surface area contributed by atoms with Crippen LogP contribution in [0.15, 0.2) is 24.3 Å². The molecular weight excluding hydrogens is 328 g/mol. The lowest BCUT2D eigenvalue weighted by atomic mass is 9.96. The van der Waals surface area contributed by atoms with Crippen molar-refractivity contribution < 1.29 is 9.59 Å². The summed E-state index contributed by atoms with van der Waals surface area (Å²) in [6, 6.07) is 8.89. The predicted octanol–water partition coefficient (Wildman–Crippen LogP) is 1.09. The lowest BCUT2D eigenvalue weighted by Gasteiger charge is -2.40. The lowest BCUT2D eigenvalue weighted by Crippen LogP contribution is -2.55. The number of hydrogen-bond donors (Lipinski definition) is 1. The summed E-state index contributed by atoms with van der Waals surface area (Å²) in [5, 5.41) is 0. The first-order chi connectivity index (χ1) is 12.6. The molecule has 2 aliphatic heterocycles. The minimum absolute atomic E-state index is 0.0847. The smallest absolute Gasteiger partial charge is 0.314 e. The molecule has 26 heavy (non-hydrogen) atoms. The molecule has 0 spiro atoms. The van der Waals surface area contributed by atoms with Gasteiger partial charge in [0, 0.05) is 45.3 Å². The molecule has 4 rings (SSSR count). The number of primary amides is 1. The first-order valence-electron chi connectivity index (χ1n) is 9.76. The molecule has 6 nitrogen and oxygen atoms in total. The van der Waals surface area contributed by atoms with Crippen LogP contribution in [0.4, 0.5) is 4.79 Å². The molecule has 0 aromatic heterocycles. The molecule has 1 unspecified atom stereocenters. The van der Waals surface area contributed by atoms with E-state index in [0.29, 0.717) is 19.1 Å². The van der Waals surface area contributed by atoms with Crippen molar-refractivity contribution >= 4 is 11.9 Å². The van der Waals surface area contributed by atoms with Crippen LogP contribution in [0.2, 0.25) is 0 Å². The fourth-order valence-corrected chi connectivity index (χ4v) is 4.74. The van der Waals surface area contributed by atoms with E-state index in [9.17, 15) is 9.59 Å².